The van der Waals surface area contributed by atoms with Gasteiger partial charge in [-0.1, -0.05) is 11.6 Å². The zero-order chi connectivity index (χ0) is 13.1. The van der Waals surface area contributed by atoms with Gasteiger partial charge >= 0.3 is 0 Å². The van der Waals surface area contributed by atoms with Gasteiger partial charge in [0.1, 0.15) is 0 Å². The van der Waals surface area contributed by atoms with E-state index in [1.165, 1.54) is 12.1 Å². The summed E-state index contributed by atoms with van der Waals surface area (Å²) in [6, 6.07) is 4.90. The molecule has 0 saturated carbocycles. The fourth-order valence-corrected chi connectivity index (χ4v) is 2.64. The van der Waals surface area contributed by atoms with Gasteiger partial charge in [-0.2, -0.15) is 11.3 Å². The number of benzene rings is 1. The predicted octanol–water partition coefficient (Wildman–Crippen LogP) is 4.23. The van der Waals surface area contributed by atoms with Crippen molar-refractivity contribution in [2.45, 2.75) is 13.5 Å². The Morgan fingerprint density at radius 3 is 2.83 bits per heavy atom. The Bertz CT molecular complexity index is 546. The molecule has 0 atom stereocenters. The van der Waals surface area contributed by atoms with Gasteiger partial charge in [0.15, 0.2) is 0 Å². The first kappa shape index (κ1) is 12.9. The van der Waals surface area contributed by atoms with Crippen molar-refractivity contribution in [1.82, 2.24) is 0 Å². The molecule has 0 radical (unpaired) electrons. The van der Waals surface area contributed by atoms with Crippen molar-refractivity contribution in [2.24, 2.45) is 0 Å². The van der Waals surface area contributed by atoms with Crippen LogP contribution in [0.2, 0.25) is 5.02 Å². The first-order valence-electron chi connectivity index (χ1n) is 5.27. The Labute approximate surface area is 113 Å². The lowest BCUT2D eigenvalue weighted by atomic mass is 10.1. The number of hydrogen-bond acceptors (Lipinski definition) is 4. The summed E-state index contributed by atoms with van der Waals surface area (Å²) in [5.41, 5.74) is 2.69. The lowest BCUT2D eigenvalue weighted by Gasteiger charge is -2.10. The Balaban J connectivity index is 2.20. The van der Waals surface area contributed by atoms with Crippen LogP contribution in [-0.4, -0.2) is 4.92 Å². The van der Waals surface area contributed by atoms with Gasteiger partial charge in [-0.3, -0.25) is 10.1 Å². The zero-order valence-corrected chi connectivity index (χ0v) is 11.2. The van der Waals surface area contributed by atoms with Crippen molar-refractivity contribution in [2.75, 3.05) is 5.32 Å². The minimum Gasteiger partial charge on any atom is -0.380 e. The lowest BCUT2D eigenvalue weighted by Crippen LogP contribution is -2.01. The molecule has 0 aliphatic rings. The molecule has 94 valence electrons. The van der Waals surface area contributed by atoms with Gasteiger partial charge in [0.05, 0.1) is 15.6 Å². The molecule has 1 heterocycles. The summed E-state index contributed by atoms with van der Waals surface area (Å²) in [5, 5.41) is 18.3. The van der Waals surface area contributed by atoms with E-state index >= 15 is 0 Å². The predicted molar refractivity (Wildman–Crippen MR) is 74.5 cm³/mol. The summed E-state index contributed by atoms with van der Waals surface area (Å²) in [6.45, 7) is 2.46. The van der Waals surface area contributed by atoms with Crippen molar-refractivity contribution in [3.05, 3.63) is 55.2 Å². The molecule has 0 unspecified atom stereocenters. The lowest BCUT2D eigenvalue weighted by molar-refractivity contribution is -0.384. The molecule has 0 saturated heterocycles. The van der Waals surface area contributed by atoms with Crippen LogP contribution in [0.5, 0.6) is 0 Å². The molecular weight excluding hydrogens is 272 g/mol. The summed E-state index contributed by atoms with van der Waals surface area (Å²) < 4.78 is 0. The molecule has 1 aromatic carbocycles. The monoisotopic (exact) mass is 282 g/mol. The highest BCUT2D eigenvalue weighted by Crippen LogP contribution is 2.31. The van der Waals surface area contributed by atoms with E-state index in [2.05, 4.69) is 5.32 Å². The largest absolute Gasteiger partial charge is 0.380 e. The van der Waals surface area contributed by atoms with Crippen LogP contribution < -0.4 is 5.32 Å². The highest BCUT2D eigenvalue weighted by atomic mass is 35.5. The standard InChI is InChI=1S/C12H11ClN2O2S/c1-8-4-10(15(16)17)5-11(13)12(8)14-6-9-2-3-18-7-9/h2-5,7,14H,6H2,1H3. The maximum Gasteiger partial charge on any atom is 0.271 e. The normalized spacial score (nSPS) is 10.3. The molecule has 0 fully saturated rings. The second-order valence-corrected chi connectivity index (χ2v) is 5.05. The van der Waals surface area contributed by atoms with E-state index in [0.717, 1.165) is 16.8 Å². The minimum absolute atomic E-state index is 0.0126. The van der Waals surface area contributed by atoms with Gasteiger partial charge in [-0.15, -0.1) is 0 Å². The Morgan fingerprint density at radius 1 is 1.50 bits per heavy atom. The third kappa shape index (κ3) is 2.80. The minimum atomic E-state index is -0.443. The number of hydrogen-bond donors (Lipinski definition) is 1. The van der Waals surface area contributed by atoms with Crippen LogP contribution in [0.3, 0.4) is 0 Å². The molecule has 4 nitrogen and oxygen atoms in total. The molecule has 1 aromatic heterocycles. The van der Waals surface area contributed by atoms with E-state index in [4.69, 9.17) is 11.6 Å². The summed E-state index contributed by atoms with van der Waals surface area (Å²) in [6.07, 6.45) is 0. The van der Waals surface area contributed by atoms with E-state index in [1.807, 2.05) is 16.8 Å². The average Bonchev–Trinajstić information content (AvgIpc) is 2.80. The maximum absolute atomic E-state index is 10.7. The number of nitro benzene ring substituents is 1. The number of halogens is 1. The summed E-state index contributed by atoms with van der Waals surface area (Å²) in [4.78, 5) is 10.2. The van der Waals surface area contributed by atoms with Crippen LogP contribution in [0, 0.1) is 17.0 Å². The number of rotatable bonds is 4. The molecule has 0 aliphatic heterocycles. The number of nitro groups is 1. The smallest absolute Gasteiger partial charge is 0.271 e. The second-order valence-electron chi connectivity index (χ2n) is 3.86. The zero-order valence-electron chi connectivity index (χ0n) is 9.64. The van der Waals surface area contributed by atoms with Crippen LogP contribution in [0.4, 0.5) is 11.4 Å². The van der Waals surface area contributed by atoms with Gasteiger partial charge < -0.3 is 5.32 Å². The van der Waals surface area contributed by atoms with E-state index in [-0.39, 0.29) is 5.69 Å². The maximum atomic E-state index is 10.7. The topological polar surface area (TPSA) is 55.2 Å². The van der Waals surface area contributed by atoms with Crippen molar-refractivity contribution >= 4 is 34.3 Å². The van der Waals surface area contributed by atoms with Crippen LogP contribution in [0.15, 0.2) is 29.0 Å². The van der Waals surface area contributed by atoms with E-state index < -0.39 is 4.92 Å². The quantitative estimate of drug-likeness (QED) is 0.674. The number of non-ortho nitro benzene ring substituents is 1. The van der Waals surface area contributed by atoms with Gasteiger partial charge in [0.2, 0.25) is 0 Å². The van der Waals surface area contributed by atoms with Crippen LogP contribution in [-0.2, 0) is 6.54 Å². The fraction of sp³-hybridized carbons (Fsp3) is 0.167. The Morgan fingerprint density at radius 2 is 2.28 bits per heavy atom. The van der Waals surface area contributed by atoms with Crippen molar-refractivity contribution < 1.29 is 4.92 Å². The van der Waals surface area contributed by atoms with Gasteiger partial charge in [-0.25, -0.2) is 0 Å². The Kier molecular flexibility index (Phi) is 3.84. The molecule has 0 spiro atoms. The average molecular weight is 283 g/mol. The second kappa shape index (κ2) is 5.37. The van der Waals surface area contributed by atoms with Crippen molar-refractivity contribution in [3.8, 4) is 0 Å². The Hall–Kier alpha value is -1.59. The molecule has 18 heavy (non-hydrogen) atoms. The van der Waals surface area contributed by atoms with E-state index in [9.17, 15) is 10.1 Å². The van der Waals surface area contributed by atoms with Crippen molar-refractivity contribution in [3.63, 3.8) is 0 Å². The molecular formula is C12H11ClN2O2S. The summed E-state index contributed by atoms with van der Waals surface area (Å²) in [7, 11) is 0. The molecule has 0 bridgehead atoms. The fourth-order valence-electron chi connectivity index (χ4n) is 1.64. The SMILES string of the molecule is Cc1cc([N+](=O)[O-])cc(Cl)c1NCc1ccsc1. The molecule has 1 N–H and O–H groups in total. The van der Waals surface area contributed by atoms with Crippen molar-refractivity contribution in [1.29, 1.82) is 0 Å². The molecule has 6 heteroatoms. The number of aryl methyl sites for hydroxylation is 1. The summed E-state index contributed by atoms with van der Waals surface area (Å²) >= 11 is 7.68. The first-order valence-corrected chi connectivity index (χ1v) is 6.59. The third-order valence-electron chi connectivity index (χ3n) is 2.53. The molecule has 2 rings (SSSR count). The number of nitrogens with zero attached hydrogens (tertiary/aromatic N) is 1. The number of thiophene rings is 1. The van der Waals surface area contributed by atoms with Crippen LogP contribution >= 0.6 is 22.9 Å². The summed E-state index contributed by atoms with van der Waals surface area (Å²) in [5.74, 6) is 0. The first-order chi connectivity index (χ1) is 8.58. The third-order valence-corrected chi connectivity index (χ3v) is 3.56. The van der Waals surface area contributed by atoms with Crippen LogP contribution in [0.25, 0.3) is 0 Å². The van der Waals surface area contributed by atoms with Gasteiger partial charge in [-0.05, 0) is 34.9 Å². The molecule has 0 aliphatic carbocycles. The highest BCUT2D eigenvalue weighted by molar-refractivity contribution is 7.07. The molecule has 2 aromatic rings. The molecule has 0 amide bonds. The van der Waals surface area contributed by atoms with Gasteiger partial charge in [0, 0.05) is 18.7 Å². The van der Waals surface area contributed by atoms with E-state index in [1.54, 1.807) is 18.3 Å². The van der Waals surface area contributed by atoms with Gasteiger partial charge in [0.25, 0.3) is 5.69 Å². The highest BCUT2D eigenvalue weighted by Gasteiger charge is 2.12. The number of anilines is 1. The number of nitrogens with one attached hydrogen (secondary N) is 1. The van der Waals surface area contributed by atoms with E-state index in [0.29, 0.717) is 11.6 Å². The van der Waals surface area contributed by atoms with Crippen LogP contribution in [0.1, 0.15) is 11.1 Å².